The lowest BCUT2D eigenvalue weighted by atomic mass is 9.32. The number of thiophene rings is 1. The van der Waals surface area contributed by atoms with Gasteiger partial charge < -0.3 is 29.9 Å². The highest BCUT2D eigenvalue weighted by atomic mass is 32.1. The first-order chi connectivity index (χ1) is 26.4. The maximum atomic E-state index is 14.8. The molecule has 3 aromatic rings. The number of benzene rings is 2. The van der Waals surface area contributed by atoms with Crippen LogP contribution >= 0.6 is 11.3 Å². The molecule has 1 aromatic heterocycles. The topological polar surface area (TPSA) is 108 Å². The molecule has 3 fully saturated rings. The Morgan fingerprint density at radius 1 is 0.911 bits per heavy atom. The minimum Gasteiger partial charge on any atom is -0.497 e. The Morgan fingerprint density at radius 3 is 2.23 bits per heavy atom. The van der Waals surface area contributed by atoms with Gasteiger partial charge in [-0.25, -0.2) is 4.79 Å². The van der Waals surface area contributed by atoms with Crippen molar-refractivity contribution in [1.29, 1.82) is 0 Å². The van der Waals surface area contributed by atoms with Gasteiger partial charge in [-0.15, -0.1) is 24.5 Å². The monoisotopic (exact) mass is 790 g/mol. The van der Waals surface area contributed by atoms with Crippen LogP contribution in [0.3, 0.4) is 0 Å². The van der Waals surface area contributed by atoms with Gasteiger partial charge in [0.1, 0.15) is 11.5 Å². The number of amides is 2. The lowest BCUT2D eigenvalue weighted by Gasteiger charge is -2.71. The lowest BCUT2D eigenvalue weighted by Crippen LogP contribution is -2.67. The van der Waals surface area contributed by atoms with Crippen LogP contribution in [0.2, 0.25) is 0 Å². The summed E-state index contributed by atoms with van der Waals surface area (Å²) in [6.07, 6.45) is 6.02. The van der Waals surface area contributed by atoms with Gasteiger partial charge in [-0.2, -0.15) is 0 Å². The molecule has 298 valence electrons. The van der Waals surface area contributed by atoms with Crippen molar-refractivity contribution < 1.29 is 42.4 Å². The first-order valence-corrected chi connectivity index (χ1v) is 20.3. The Labute approximate surface area is 329 Å². The Bertz CT molecular complexity index is 2080. The number of hydrogen-bond acceptors (Lipinski definition) is 7. The molecule has 8 nitrogen and oxygen atoms in total. The van der Waals surface area contributed by atoms with E-state index in [2.05, 4.69) is 42.1 Å². The Morgan fingerprint density at radius 2 is 1.57 bits per heavy atom. The van der Waals surface area contributed by atoms with Gasteiger partial charge in [0.2, 0.25) is 0 Å². The quantitative estimate of drug-likeness (QED) is 0.147. The second-order valence-electron chi connectivity index (χ2n) is 17.3. The van der Waals surface area contributed by atoms with Crippen LogP contribution in [-0.2, 0) is 6.54 Å². The van der Waals surface area contributed by atoms with Gasteiger partial charge in [-0.3, -0.25) is 4.79 Å². The summed E-state index contributed by atoms with van der Waals surface area (Å²) in [5, 5.41) is 27.1. The molecule has 2 spiro atoms. The number of nitrogens with zero attached hydrogens (tertiary/aromatic N) is 1. The first kappa shape index (κ1) is 38.7. The molecule has 1 unspecified atom stereocenters. The van der Waals surface area contributed by atoms with Gasteiger partial charge in [0.25, 0.3) is 0 Å². The van der Waals surface area contributed by atoms with Gasteiger partial charge in [0.05, 0.1) is 30.2 Å². The molecule has 3 saturated carbocycles. The number of aliphatic hydroxyl groups is 2. The normalized spacial score (nSPS) is 34.2. The summed E-state index contributed by atoms with van der Waals surface area (Å²) in [6.45, 7) is 6.42. The maximum Gasteiger partial charge on any atom is 0.573 e. The number of rotatable bonds is 9. The molecule has 56 heavy (non-hydrogen) atoms. The molecule has 3 N–H and O–H groups in total. The van der Waals surface area contributed by atoms with Crippen LogP contribution in [0, 0.1) is 40.4 Å². The summed E-state index contributed by atoms with van der Waals surface area (Å²) in [5.74, 6) is 0.248. The fourth-order valence-electron chi connectivity index (χ4n) is 11.7. The number of alkyl halides is 3. The molecular weight excluding hydrogens is 742 g/mol. The Balaban J connectivity index is 1.15. The maximum absolute atomic E-state index is 14.8. The highest BCUT2D eigenvalue weighted by Gasteiger charge is 2.74. The van der Waals surface area contributed by atoms with Gasteiger partial charge in [0, 0.05) is 38.9 Å². The Kier molecular flexibility index (Phi) is 9.32. The number of aliphatic hydroxyl groups excluding tert-OH is 1. The number of allylic oxidation sites excluding steroid dienone is 4. The largest absolute Gasteiger partial charge is 0.573 e. The standard InChI is InChI=1S/C44H49F3N2O6S/c1-27-5-14-34(56-27)37(51)33-24-41-21-22-43(33)35(39(41,2)18-15-30(50)23-41)16-19-40(3)36(43)17-20-42(40,53)26-49(38(52)48-29-8-12-31(54-4)13-9-29)25-28-6-10-32(11-7-28)55-44(45,46)47/h5-14,21-22,24,30,35-36,50,53H,15-20,23,25-26H2,1-4H3,(H,48,52)/t30?,35-,36-,39-,40+,41+,42-,43-/m1/s1. The van der Waals surface area contributed by atoms with Crippen molar-refractivity contribution >= 4 is 28.8 Å². The van der Waals surface area contributed by atoms with E-state index in [9.17, 15) is 33.0 Å². The number of urea groups is 1. The molecule has 1 heterocycles. The third-order valence-corrected chi connectivity index (χ3v) is 15.5. The number of nitrogens with one attached hydrogen (secondary N) is 1. The highest BCUT2D eigenvalue weighted by Crippen LogP contribution is 2.78. The summed E-state index contributed by atoms with van der Waals surface area (Å²) >= 11 is 1.49. The average molecular weight is 791 g/mol. The molecule has 2 bridgehead atoms. The number of hydrogen-bond donors (Lipinski definition) is 3. The number of ether oxygens (including phenoxy) is 2. The third kappa shape index (κ3) is 6.09. The number of Topliss-reactive ketones (excluding diaryl/α,β-unsaturated/α-hetero) is 1. The number of carbonyl (C=O) groups excluding carboxylic acids is 2. The molecule has 0 aliphatic heterocycles. The van der Waals surface area contributed by atoms with Gasteiger partial charge in [-0.05, 0) is 123 Å². The minimum atomic E-state index is -4.84. The second kappa shape index (κ2) is 13.5. The number of aryl methyl sites for hydroxylation is 1. The molecule has 6 aliphatic carbocycles. The molecule has 2 amide bonds. The number of methoxy groups -OCH3 is 1. The van der Waals surface area contributed by atoms with Crippen LogP contribution in [0.15, 0.2) is 84.5 Å². The van der Waals surface area contributed by atoms with Crippen LogP contribution in [-0.4, -0.2) is 58.6 Å². The number of anilines is 1. The zero-order valence-corrected chi connectivity index (χ0v) is 32.9. The molecule has 0 saturated heterocycles. The highest BCUT2D eigenvalue weighted by molar-refractivity contribution is 7.14. The van der Waals surface area contributed by atoms with Crippen LogP contribution in [0.4, 0.5) is 23.7 Å². The van der Waals surface area contributed by atoms with Crippen molar-refractivity contribution in [3.8, 4) is 11.5 Å². The predicted molar refractivity (Wildman–Crippen MR) is 207 cm³/mol. The smallest absolute Gasteiger partial charge is 0.497 e. The lowest BCUT2D eigenvalue weighted by molar-refractivity contribution is -0.274. The summed E-state index contributed by atoms with van der Waals surface area (Å²) in [5.41, 5.74) is -1.54. The van der Waals surface area contributed by atoms with E-state index in [4.69, 9.17) is 4.74 Å². The molecule has 0 radical (unpaired) electrons. The average Bonchev–Trinajstić information content (AvgIpc) is 3.71. The van der Waals surface area contributed by atoms with E-state index in [0.717, 1.165) is 23.3 Å². The molecule has 12 heteroatoms. The van der Waals surface area contributed by atoms with Crippen molar-refractivity contribution in [2.45, 2.75) is 90.3 Å². The van der Waals surface area contributed by atoms with Crippen molar-refractivity contribution in [3.05, 3.63) is 99.8 Å². The fraction of sp³-hybridized carbons (Fsp3) is 0.500. The molecule has 6 aliphatic rings. The zero-order valence-electron chi connectivity index (χ0n) is 32.1. The van der Waals surface area contributed by atoms with Crippen LogP contribution < -0.4 is 14.8 Å². The number of halogens is 3. The molecular formula is C44H49F3N2O6S. The van der Waals surface area contributed by atoms with E-state index in [0.29, 0.717) is 54.0 Å². The summed E-state index contributed by atoms with van der Waals surface area (Å²) in [7, 11) is 1.55. The van der Waals surface area contributed by atoms with Crippen LogP contribution in [0.1, 0.15) is 78.9 Å². The zero-order chi connectivity index (χ0) is 39.9. The van der Waals surface area contributed by atoms with E-state index in [1.54, 1.807) is 31.4 Å². The van der Waals surface area contributed by atoms with Crippen molar-refractivity contribution in [2.75, 3.05) is 19.0 Å². The van der Waals surface area contributed by atoms with Crippen molar-refractivity contribution in [2.24, 2.45) is 33.5 Å². The predicted octanol–water partition coefficient (Wildman–Crippen LogP) is 9.47. The molecule has 9 rings (SSSR count). The van der Waals surface area contributed by atoms with Crippen LogP contribution in [0.25, 0.3) is 0 Å². The molecule has 8 atom stereocenters. The summed E-state index contributed by atoms with van der Waals surface area (Å²) in [4.78, 5) is 32.3. The van der Waals surface area contributed by atoms with Crippen molar-refractivity contribution in [1.82, 2.24) is 4.90 Å². The number of fused-ring (bicyclic) bond motifs is 1. The van der Waals surface area contributed by atoms with Gasteiger partial charge >= 0.3 is 12.4 Å². The van der Waals surface area contributed by atoms with E-state index in [1.807, 2.05) is 19.1 Å². The number of carbonyl (C=O) groups is 2. The third-order valence-electron chi connectivity index (χ3n) is 14.5. The van der Waals surface area contributed by atoms with E-state index < -0.39 is 40.3 Å². The minimum absolute atomic E-state index is 0.00922. The van der Waals surface area contributed by atoms with Crippen molar-refractivity contribution in [3.63, 3.8) is 0 Å². The van der Waals surface area contributed by atoms with Gasteiger partial charge in [0.15, 0.2) is 5.78 Å². The SMILES string of the molecule is COc1ccc(NC(=O)N(Cc2ccc(OC(F)(F)F)cc2)C[C@]2(O)CC[C@H]3[C@]45C=C[C@@]6(C=C4C(=O)c4ccc(C)s4)CC(O)CC[C@]6(C)[C@H]5CC[C@@]32C)cc1. The van der Waals surface area contributed by atoms with E-state index in [1.165, 1.54) is 40.5 Å². The summed E-state index contributed by atoms with van der Waals surface area (Å²) in [6, 6.07) is 15.7. The fourth-order valence-corrected chi connectivity index (χ4v) is 12.5. The van der Waals surface area contributed by atoms with Crippen LogP contribution in [0.5, 0.6) is 11.5 Å². The van der Waals surface area contributed by atoms with E-state index >= 15 is 0 Å². The Hall–Kier alpha value is -4.13. The summed E-state index contributed by atoms with van der Waals surface area (Å²) < 4.78 is 48.1. The molecule has 2 aromatic carbocycles. The number of ketones is 1. The second-order valence-corrected chi connectivity index (χ2v) is 18.5. The van der Waals surface area contributed by atoms with Gasteiger partial charge in [-0.1, -0.05) is 44.2 Å². The van der Waals surface area contributed by atoms with E-state index in [-0.39, 0.29) is 41.9 Å². The first-order valence-electron chi connectivity index (χ1n) is 19.4.